The standard InChI is InChI=1S/C20H16FNS/c1-12(2)13-8-9-22-18(10-13)17-5-3-4-16-15-7-6-14(21)11-19(15)23-20(16)17/h3-12H,1-2H3/i12D. The highest BCUT2D eigenvalue weighted by molar-refractivity contribution is 7.26. The van der Waals surface area contributed by atoms with Crippen molar-refractivity contribution in [1.82, 2.24) is 4.98 Å². The third-order valence-electron chi connectivity index (χ3n) is 4.07. The van der Waals surface area contributed by atoms with E-state index in [0.717, 1.165) is 37.0 Å². The minimum absolute atomic E-state index is 0.216. The molecule has 3 heteroatoms. The molecule has 0 amide bonds. The lowest BCUT2D eigenvalue weighted by Crippen LogP contribution is -1.90. The number of benzene rings is 2. The molecule has 0 fully saturated rings. The van der Waals surface area contributed by atoms with Gasteiger partial charge in [0.2, 0.25) is 0 Å². The van der Waals surface area contributed by atoms with Crippen LogP contribution in [0.3, 0.4) is 0 Å². The van der Waals surface area contributed by atoms with Gasteiger partial charge in [-0.1, -0.05) is 38.1 Å². The Morgan fingerprint density at radius 3 is 2.78 bits per heavy atom. The molecular weight excluding hydrogens is 305 g/mol. The van der Waals surface area contributed by atoms with E-state index in [9.17, 15) is 4.39 Å². The van der Waals surface area contributed by atoms with Crippen LogP contribution in [0.25, 0.3) is 31.4 Å². The van der Waals surface area contributed by atoms with E-state index in [1.807, 2.05) is 44.2 Å². The molecule has 1 nitrogen and oxygen atoms in total. The highest BCUT2D eigenvalue weighted by Gasteiger charge is 2.12. The van der Waals surface area contributed by atoms with Gasteiger partial charge in [-0.05, 0) is 35.7 Å². The minimum atomic E-state index is -0.672. The molecule has 0 saturated carbocycles. The fourth-order valence-electron chi connectivity index (χ4n) is 2.86. The summed E-state index contributed by atoms with van der Waals surface area (Å²) in [5, 5.41) is 2.18. The molecule has 0 bridgehead atoms. The number of nitrogens with zero attached hydrogens (tertiary/aromatic N) is 1. The zero-order chi connectivity index (χ0) is 16.9. The predicted molar refractivity (Wildman–Crippen MR) is 96.6 cm³/mol. The van der Waals surface area contributed by atoms with Gasteiger partial charge in [0.15, 0.2) is 0 Å². The second kappa shape index (κ2) is 5.43. The fourth-order valence-corrected chi connectivity index (χ4v) is 4.11. The van der Waals surface area contributed by atoms with Crippen molar-refractivity contribution in [2.75, 3.05) is 0 Å². The normalized spacial score (nSPS) is 12.7. The molecule has 2 aromatic carbocycles. The summed E-state index contributed by atoms with van der Waals surface area (Å²) in [6, 6.07) is 14.9. The molecule has 4 rings (SSSR count). The van der Waals surface area contributed by atoms with E-state index in [1.54, 1.807) is 23.6 Å². The summed E-state index contributed by atoms with van der Waals surface area (Å²) in [6.45, 7) is 3.74. The Labute approximate surface area is 139 Å². The molecule has 0 atom stereocenters. The SMILES string of the molecule is [2H]C(C)(C)c1ccnc(-c2cccc3c2sc2cc(F)ccc23)c1. The van der Waals surface area contributed by atoms with Crippen LogP contribution in [0.1, 0.15) is 26.7 Å². The molecule has 0 spiro atoms. The van der Waals surface area contributed by atoms with Crippen LogP contribution in [0, 0.1) is 5.82 Å². The number of pyridine rings is 1. The first-order chi connectivity index (χ1) is 11.4. The van der Waals surface area contributed by atoms with E-state index in [0.29, 0.717) is 0 Å². The lowest BCUT2D eigenvalue weighted by atomic mass is 10.0. The lowest BCUT2D eigenvalue weighted by molar-refractivity contribution is 0.630. The molecule has 0 saturated heterocycles. The summed E-state index contributed by atoms with van der Waals surface area (Å²) in [7, 11) is 0. The Kier molecular flexibility index (Phi) is 3.12. The predicted octanol–water partition coefficient (Wildman–Crippen LogP) is 6.38. The van der Waals surface area contributed by atoms with Gasteiger partial charge < -0.3 is 0 Å². The van der Waals surface area contributed by atoms with Gasteiger partial charge in [0, 0.05) is 33.3 Å². The van der Waals surface area contributed by atoms with Crippen LogP contribution < -0.4 is 0 Å². The van der Waals surface area contributed by atoms with Gasteiger partial charge in [0.05, 0.1) is 5.69 Å². The second-order valence-electron chi connectivity index (χ2n) is 5.85. The summed E-state index contributed by atoms with van der Waals surface area (Å²) in [6.07, 6.45) is 1.76. The Bertz CT molecular complexity index is 1060. The highest BCUT2D eigenvalue weighted by Crippen LogP contribution is 2.39. The number of fused-ring (bicyclic) bond motifs is 3. The van der Waals surface area contributed by atoms with Gasteiger partial charge in [-0.15, -0.1) is 11.3 Å². The molecule has 2 heterocycles. The second-order valence-corrected chi connectivity index (χ2v) is 6.91. The minimum Gasteiger partial charge on any atom is -0.256 e. The highest BCUT2D eigenvalue weighted by atomic mass is 32.1. The molecule has 0 radical (unpaired) electrons. The van der Waals surface area contributed by atoms with Crippen molar-refractivity contribution in [2.45, 2.75) is 19.7 Å². The Hall–Kier alpha value is -2.26. The van der Waals surface area contributed by atoms with Gasteiger partial charge >= 0.3 is 0 Å². The van der Waals surface area contributed by atoms with Crippen LogP contribution in [0.15, 0.2) is 54.7 Å². The molecule has 0 aliphatic carbocycles. The van der Waals surface area contributed by atoms with E-state index < -0.39 is 5.89 Å². The van der Waals surface area contributed by atoms with Crippen LogP contribution in [0.4, 0.5) is 4.39 Å². The van der Waals surface area contributed by atoms with Crippen molar-refractivity contribution < 1.29 is 5.76 Å². The maximum atomic E-state index is 13.5. The first-order valence-corrected chi connectivity index (χ1v) is 8.33. The van der Waals surface area contributed by atoms with E-state index in [-0.39, 0.29) is 5.82 Å². The van der Waals surface area contributed by atoms with E-state index in [4.69, 9.17) is 1.37 Å². The summed E-state index contributed by atoms with van der Waals surface area (Å²) >= 11 is 1.58. The zero-order valence-corrected chi connectivity index (χ0v) is 13.7. The lowest BCUT2D eigenvalue weighted by Gasteiger charge is -2.08. The van der Waals surface area contributed by atoms with Crippen molar-refractivity contribution in [1.29, 1.82) is 0 Å². The maximum absolute atomic E-state index is 13.5. The Morgan fingerprint density at radius 1 is 1.09 bits per heavy atom. The van der Waals surface area contributed by atoms with Crippen molar-refractivity contribution in [2.24, 2.45) is 0 Å². The summed E-state index contributed by atoms with van der Waals surface area (Å²) < 4.78 is 23.8. The summed E-state index contributed by atoms with van der Waals surface area (Å²) in [5.41, 5.74) is 2.81. The molecule has 4 aromatic rings. The zero-order valence-electron chi connectivity index (χ0n) is 13.9. The molecule has 23 heavy (non-hydrogen) atoms. The van der Waals surface area contributed by atoms with Crippen LogP contribution in [-0.2, 0) is 0 Å². The third kappa shape index (κ3) is 2.41. The van der Waals surface area contributed by atoms with E-state index in [1.165, 1.54) is 6.07 Å². The fraction of sp³-hybridized carbons (Fsp3) is 0.150. The van der Waals surface area contributed by atoms with Crippen molar-refractivity contribution in [3.63, 3.8) is 0 Å². The average molecular weight is 322 g/mol. The number of aromatic nitrogens is 1. The van der Waals surface area contributed by atoms with Crippen molar-refractivity contribution in [3.05, 3.63) is 66.1 Å². The molecule has 0 N–H and O–H groups in total. The summed E-state index contributed by atoms with van der Waals surface area (Å²) in [5.74, 6) is -0.888. The molecule has 2 aromatic heterocycles. The average Bonchev–Trinajstić information content (AvgIpc) is 2.91. The van der Waals surface area contributed by atoms with Gasteiger partial charge in [-0.2, -0.15) is 0 Å². The Morgan fingerprint density at radius 2 is 1.96 bits per heavy atom. The topological polar surface area (TPSA) is 12.9 Å². The van der Waals surface area contributed by atoms with Crippen molar-refractivity contribution in [3.8, 4) is 11.3 Å². The molecule has 0 aliphatic rings. The molecular formula is C20H16FNS. The van der Waals surface area contributed by atoms with Crippen LogP contribution in [0.5, 0.6) is 0 Å². The Balaban J connectivity index is 1.99. The van der Waals surface area contributed by atoms with Crippen LogP contribution >= 0.6 is 11.3 Å². The van der Waals surface area contributed by atoms with Crippen LogP contribution in [0.2, 0.25) is 0 Å². The van der Waals surface area contributed by atoms with Gasteiger partial charge in [0.1, 0.15) is 5.82 Å². The number of thiophene rings is 1. The monoisotopic (exact) mass is 322 g/mol. The maximum Gasteiger partial charge on any atom is 0.124 e. The van der Waals surface area contributed by atoms with E-state index in [2.05, 4.69) is 11.1 Å². The molecule has 0 unspecified atom stereocenters. The first kappa shape index (κ1) is 13.2. The van der Waals surface area contributed by atoms with Crippen LogP contribution in [-0.4, -0.2) is 4.98 Å². The quantitative estimate of drug-likeness (QED) is 0.417. The van der Waals surface area contributed by atoms with Gasteiger partial charge in [-0.25, -0.2) is 4.39 Å². The first-order valence-electron chi connectivity index (χ1n) is 8.01. The number of hydrogen-bond acceptors (Lipinski definition) is 2. The molecule has 114 valence electrons. The number of hydrogen-bond donors (Lipinski definition) is 0. The van der Waals surface area contributed by atoms with Gasteiger partial charge in [-0.3, -0.25) is 4.98 Å². The number of halogens is 1. The van der Waals surface area contributed by atoms with E-state index >= 15 is 0 Å². The molecule has 0 aliphatic heterocycles. The number of rotatable bonds is 2. The smallest absolute Gasteiger partial charge is 0.124 e. The van der Waals surface area contributed by atoms with Crippen molar-refractivity contribution >= 4 is 31.5 Å². The third-order valence-corrected chi connectivity index (χ3v) is 5.28. The summed E-state index contributed by atoms with van der Waals surface area (Å²) in [4.78, 5) is 4.51. The largest absolute Gasteiger partial charge is 0.256 e. The van der Waals surface area contributed by atoms with Gasteiger partial charge in [0.25, 0.3) is 0 Å².